The summed E-state index contributed by atoms with van der Waals surface area (Å²) < 4.78 is 15.7. The molecule has 0 bridgehead atoms. The Morgan fingerprint density at radius 2 is 1.83 bits per heavy atom. The number of pyridine rings is 1. The number of hydrogen-bond donors (Lipinski definition) is 0. The number of rotatable bonds is 6. The van der Waals surface area contributed by atoms with Crippen LogP contribution in [0.25, 0.3) is 10.8 Å². The molecule has 0 saturated heterocycles. The molecule has 24 heavy (non-hydrogen) atoms. The van der Waals surface area contributed by atoms with E-state index in [0.29, 0.717) is 17.3 Å². The minimum Gasteiger partial charge on any atom is -0.493 e. The zero-order valence-corrected chi connectivity index (χ0v) is 14.9. The van der Waals surface area contributed by atoms with Gasteiger partial charge in [-0.2, -0.15) is 0 Å². The fraction of sp³-hybridized carbons (Fsp3) is 0.412. The van der Waals surface area contributed by atoms with Crippen molar-refractivity contribution in [2.45, 2.75) is 0 Å². The summed E-state index contributed by atoms with van der Waals surface area (Å²) in [6.07, 6.45) is 1.76. The van der Waals surface area contributed by atoms with Crippen molar-refractivity contribution >= 4 is 28.2 Å². The number of likely N-dealkylation sites (N-methyl/N-ethyl adjacent to an activating group) is 1. The second-order valence-corrected chi connectivity index (χ2v) is 5.52. The van der Waals surface area contributed by atoms with E-state index in [1.165, 1.54) is 7.11 Å². The number of carbonyl (C=O) groups is 1. The van der Waals surface area contributed by atoms with Gasteiger partial charge in [0.25, 0.3) is 0 Å². The highest BCUT2D eigenvalue weighted by molar-refractivity contribution is 6.06. The van der Waals surface area contributed by atoms with Crippen LogP contribution in [-0.4, -0.2) is 60.0 Å². The molecule has 1 heterocycles. The number of methoxy groups -OCH3 is 3. The minimum absolute atomic E-state index is 0.105. The topological polar surface area (TPSA) is 64.1 Å². The Labute approximate surface area is 141 Å². The molecule has 0 atom stereocenters. The second-order valence-electron chi connectivity index (χ2n) is 5.52. The van der Waals surface area contributed by atoms with Gasteiger partial charge < -0.3 is 24.0 Å². The van der Waals surface area contributed by atoms with Crippen molar-refractivity contribution < 1.29 is 19.0 Å². The van der Waals surface area contributed by atoms with E-state index in [4.69, 9.17) is 14.2 Å². The molecular formula is C17H23N3O4. The number of nitrogens with zero attached hydrogens (tertiary/aromatic N) is 3. The van der Waals surface area contributed by atoms with Gasteiger partial charge in [-0.05, 0) is 12.1 Å². The van der Waals surface area contributed by atoms with Crippen molar-refractivity contribution in [3.8, 4) is 11.5 Å². The van der Waals surface area contributed by atoms with Crippen molar-refractivity contribution in [2.24, 2.45) is 0 Å². The van der Waals surface area contributed by atoms with Gasteiger partial charge in [-0.1, -0.05) is 0 Å². The summed E-state index contributed by atoms with van der Waals surface area (Å²) in [5.41, 5.74) is 0.899. The quantitative estimate of drug-likeness (QED) is 0.748. The van der Waals surface area contributed by atoms with Gasteiger partial charge in [0.2, 0.25) is 0 Å². The van der Waals surface area contributed by atoms with Gasteiger partial charge in [-0.25, -0.2) is 4.98 Å². The predicted molar refractivity (Wildman–Crippen MR) is 94.5 cm³/mol. The standard InChI is InChI=1S/C17H23N3O4/c1-19(2)12-9-18-17(20(3)10-14(21)23-5)11-7-8-13(22-4)16(24-6)15(11)12/h7-9H,10H2,1-6H3. The zero-order valence-electron chi connectivity index (χ0n) is 14.9. The summed E-state index contributed by atoms with van der Waals surface area (Å²) in [6, 6.07) is 3.75. The summed E-state index contributed by atoms with van der Waals surface area (Å²) >= 11 is 0. The van der Waals surface area contributed by atoms with E-state index in [9.17, 15) is 4.79 Å². The molecule has 0 fully saturated rings. The van der Waals surface area contributed by atoms with Gasteiger partial charge in [0.1, 0.15) is 12.4 Å². The maximum absolute atomic E-state index is 11.6. The molecule has 0 radical (unpaired) electrons. The maximum Gasteiger partial charge on any atom is 0.325 e. The molecule has 1 aromatic heterocycles. The summed E-state index contributed by atoms with van der Waals surface area (Å²) in [5, 5.41) is 1.74. The zero-order chi connectivity index (χ0) is 17.9. The highest BCUT2D eigenvalue weighted by Crippen LogP contribution is 2.42. The average molecular weight is 333 g/mol. The SMILES string of the molecule is COC(=O)CN(C)c1ncc(N(C)C)c2c(OC)c(OC)ccc12. The molecule has 0 saturated carbocycles. The molecule has 7 heteroatoms. The molecule has 7 nitrogen and oxygen atoms in total. The highest BCUT2D eigenvalue weighted by atomic mass is 16.5. The van der Waals surface area contributed by atoms with Crippen LogP contribution in [0.5, 0.6) is 11.5 Å². The van der Waals surface area contributed by atoms with Crippen LogP contribution in [0.4, 0.5) is 11.5 Å². The van der Waals surface area contributed by atoms with E-state index in [1.807, 2.05) is 31.1 Å². The molecule has 0 aliphatic carbocycles. The largest absolute Gasteiger partial charge is 0.493 e. The number of aromatic nitrogens is 1. The Bertz CT molecular complexity index is 746. The molecule has 0 N–H and O–H groups in total. The number of benzene rings is 1. The lowest BCUT2D eigenvalue weighted by atomic mass is 10.1. The minimum atomic E-state index is -0.329. The molecular weight excluding hydrogens is 310 g/mol. The first-order chi connectivity index (χ1) is 11.4. The first-order valence-corrected chi connectivity index (χ1v) is 7.43. The van der Waals surface area contributed by atoms with E-state index in [-0.39, 0.29) is 12.5 Å². The summed E-state index contributed by atoms with van der Waals surface area (Å²) in [7, 11) is 10.2. The predicted octanol–water partition coefficient (Wildman–Crippen LogP) is 1.93. The van der Waals surface area contributed by atoms with E-state index >= 15 is 0 Å². The number of anilines is 2. The fourth-order valence-corrected chi connectivity index (χ4v) is 2.60. The number of fused-ring (bicyclic) bond motifs is 1. The second kappa shape index (κ2) is 7.25. The molecule has 0 spiro atoms. The van der Waals surface area contributed by atoms with Crippen LogP contribution in [0.2, 0.25) is 0 Å². The maximum atomic E-state index is 11.6. The molecule has 2 rings (SSSR count). The first kappa shape index (κ1) is 17.7. The van der Waals surface area contributed by atoms with Crippen molar-refractivity contribution in [2.75, 3.05) is 58.8 Å². The lowest BCUT2D eigenvalue weighted by Crippen LogP contribution is -2.27. The third-order valence-corrected chi connectivity index (χ3v) is 3.79. The normalized spacial score (nSPS) is 10.4. The van der Waals surface area contributed by atoms with Crippen LogP contribution in [-0.2, 0) is 9.53 Å². The summed E-state index contributed by atoms with van der Waals surface area (Å²) in [4.78, 5) is 19.8. The molecule has 2 aromatic rings. The van der Waals surface area contributed by atoms with E-state index in [0.717, 1.165) is 16.5 Å². The third-order valence-electron chi connectivity index (χ3n) is 3.79. The van der Waals surface area contributed by atoms with Gasteiger partial charge >= 0.3 is 5.97 Å². The van der Waals surface area contributed by atoms with Crippen LogP contribution < -0.4 is 19.3 Å². The highest BCUT2D eigenvalue weighted by Gasteiger charge is 2.20. The molecule has 0 amide bonds. The molecule has 130 valence electrons. The Morgan fingerprint density at radius 3 is 2.38 bits per heavy atom. The van der Waals surface area contributed by atoms with Crippen molar-refractivity contribution in [1.82, 2.24) is 4.98 Å². The fourth-order valence-electron chi connectivity index (χ4n) is 2.60. The van der Waals surface area contributed by atoms with Crippen molar-refractivity contribution in [3.63, 3.8) is 0 Å². The van der Waals surface area contributed by atoms with Crippen LogP contribution in [0.1, 0.15) is 0 Å². The van der Waals surface area contributed by atoms with Gasteiger partial charge in [-0.15, -0.1) is 0 Å². The van der Waals surface area contributed by atoms with E-state index in [2.05, 4.69) is 4.98 Å². The monoisotopic (exact) mass is 333 g/mol. The molecule has 1 aromatic carbocycles. The number of hydrogen-bond acceptors (Lipinski definition) is 7. The van der Waals surface area contributed by atoms with Gasteiger partial charge in [0.15, 0.2) is 11.5 Å². The lowest BCUT2D eigenvalue weighted by Gasteiger charge is -2.23. The average Bonchev–Trinajstić information content (AvgIpc) is 2.58. The van der Waals surface area contributed by atoms with Gasteiger partial charge in [-0.3, -0.25) is 4.79 Å². The van der Waals surface area contributed by atoms with Crippen LogP contribution in [0.3, 0.4) is 0 Å². The number of ether oxygens (including phenoxy) is 3. The first-order valence-electron chi connectivity index (χ1n) is 7.43. The molecule has 0 unspecified atom stereocenters. The van der Waals surface area contributed by atoms with Crippen LogP contribution in [0.15, 0.2) is 18.3 Å². The van der Waals surface area contributed by atoms with Crippen LogP contribution in [0, 0.1) is 0 Å². The lowest BCUT2D eigenvalue weighted by molar-refractivity contribution is -0.138. The van der Waals surface area contributed by atoms with Gasteiger partial charge in [0, 0.05) is 26.5 Å². The summed E-state index contributed by atoms with van der Waals surface area (Å²) in [6.45, 7) is 0.105. The molecule has 0 aliphatic rings. The Balaban J connectivity index is 2.72. The third kappa shape index (κ3) is 3.15. The summed E-state index contributed by atoms with van der Waals surface area (Å²) in [5.74, 6) is 1.61. The smallest absolute Gasteiger partial charge is 0.325 e. The molecule has 0 aliphatic heterocycles. The Morgan fingerprint density at radius 1 is 1.12 bits per heavy atom. The van der Waals surface area contributed by atoms with Crippen molar-refractivity contribution in [1.29, 1.82) is 0 Å². The number of carbonyl (C=O) groups excluding carboxylic acids is 1. The van der Waals surface area contributed by atoms with Crippen molar-refractivity contribution in [3.05, 3.63) is 18.3 Å². The van der Waals surface area contributed by atoms with E-state index in [1.54, 1.807) is 32.4 Å². The van der Waals surface area contributed by atoms with E-state index < -0.39 is 0 Å². The van der Waals surface area contributed by atoms with Crippen LogP contribution >= 0.6 is 0 Å². The Kier molecular flexibility index (Phi) is 5.33. The number of esters is 1. The van der Waals surface area contributed by atoms with Gasteiger partial charge in [0.05, 0.1) is 38.6 Å². The Hall–Kier alpha value is -2.70.